The van der Waals surface area contributed by atoms with Crippen molar-refractivity contribution < 1.29 is 26.0 Å². The molecule has 0 aromatic heterocycles. The highest BCUT2D eigenvalue weighted by Crippen LogP contribution is 2.27. The molecule has 0 atom stereocenters. The van der Waals surface area contributed by atoms with E-state index in [9.17, 15) is 21.2 Å². The zero-order valence-corrected chi connectivity index (χ0v) is 16.9. The molecule has 0 aliphatic carbocycles. The van der Waals surface area contributed by atoms with Crippen molar-refractivity contribution in [2.24, 2.45) is 0 Å². The van der Waals surface area contributed by atoms with Gasteiger partial charge in [-0.2, -0.15) is 4.31 Å². The topological polar surface area (TPSA) is 92.8 Å². The molecule has 1 N–H and O–H groups in total. The molecule has 0 unspecified atom stereocenters. The number of benzene rings is 2. The van der Waals surface area contributed by atoms with Gasteiger partial charge in [0.15, 0.2) is 0 Å². The van der Waals surface area contributed by atoms with Crippen LogP contribution in [0.4, 0.5) is 10.1 Å². The molecule has 7 nitrogen and oxygen atoms in total. The van der Waals surface area contributed by atoms with Gasteiger partial charge in [0.05, 0.1) is 12.0 Å². The fraction of sp³-hybridized carbons (Fsp3) is 0.333. The van der Waals surface area contributed by atoms with E-state index in [0.717, 1.165) is 31.4 Å². The van der Waals surface area contributed by atoms with Crippen LogP contribution in [-0.4, -0.2) is 41.3 Å². The summed E-state index contributed by atoms with van der Waals surface area (Å²) < 4.78 is 72.7. The molecule has 0 saturated carbocycles. The molecule has 1 heterocycles. The van der Waals surface area contributed by atoms with Gasteiger partial charge in [0.25, 0.3) is 10.0 Å². The summed E-state index contributed by atoms with van der Waals surface area (Å²) in [4.78, 5) is -0.249. The van der Waals surface area contributed by atoms with Gasteiger partial charge in [-0.3, -0.25) is 4.72 Å². The van der Waals surface area contributed by atoms with Crippen LogP contribution in [0.25, 0.3) is 0 Å². The van der Waals surface area contributed by atoms with Crippen LogP contribution in [0.3, 0.4) is 0 Å². The summed E-state index contributed by atoms with van der Waals surface area (Å²) in [5.41, 5.74) is 0.156. The average molecular weight is 429 g/mol. The average Bonchev–Trinajstić information content (AvgIpc) is 2.69. The molecular weight excluding hydrogens is 407 g/mol. The molecule has 28 heavy (non-hydrogen) atoms. The molecule has 2 aromatic rings. The fourth-order valence-corrected chi connectivity index (χ4v) is 5.78. The van der Waals surface area contributed by atoms with Gasteiger partial charge in [-0.15, -0.1) is 0 Å². The first-order valence-corrected chi connectivity index (χ1v) is 11.6. The van der Waals surface area contributed by atoms with Gasteiger partial charge in [0.2, 0.25) is 10.0 Å². The van der Waals surface area contributed by atoms with Crippen LogP contribution in [0.2, 0.25) is 0 Å². The Labute approximate surface area is 164 Å². The smallest absolute Gasteiger partial charge is 0.265 e. The second-order valence-electron chi connectivity index (χ2n) is 6.39. The lowest BCUT2D eigenvalue weighted by Gasteiger charge is -2.25. The van der Waals surface area contributed by atoms with Crippen LogP contribution in [-0.2, 0) is 20.0 Å². The largest absolute Gasteiger partial charge is 0.495 e. The maximum Gasteiger partial charge on any atom is 0.265 e. The predicted molar refractivity (Wildman–Crippen MR) is 103 cm³/mol. The molecule has 3 rings (SSSR count). The van der Waals surface area contributed by atoms with E-state index in [1.54, 1.807) is 0 Å². The zero-order valence-electron chi connectivity index (χ0n) is 15.3. The summed E-state index contributed by atoms with van der Waals surface area (Å²) in [5, 5.41) is 0. The number of halogens is 1. The van der Waals surface area contributed by atoms with E-state index in [-0.39, 0.29) is 21.2 Å². The number of hydrogen-bond donors (Lipinski definition) is 1. The van der Waals surface area contributed by atoms with Crippen molar-refractivity contribution in [3.05, 3.63) is 48.3 Å². The fourth-order valence-electron chi connectivity index (χ4n) is 3.02. The summed E-state index contributed by atoms with van der Waals surface area (Å²) in [6.07, 6.45) is 2.66. The summed E-state index contributed by atoms with van der Waals surface area (Å²) in [7, 11) is -6.44. The Morgan fingerprint density at radius 2 is 1.61 bits per heavy atom. The number of anilines is 1. The summed E-state index contributed by atoms with van der Waals surface area (Å²) in [6, 6.07) is 8.60. The Hall–Kier alpha value is -2.17. The third-order valence-electron chi connectivity index (χ3n) is 4.47. The minimum absolute atomic E-state index is 0.00167. The Balaban J connectivity index is 1.83. The van der Waals surface area contributed by atoms with Crippen LogP contribution >= 0.6 is 0 Å². The summed E-state index contributed by atoms with van der Waals surface area (Å²) >= 11 is 0. The monoisotopic (exact) mass is 428 g/mol. The van der Waals surface area contributed by atoms with Gasteiger partial charge in [0.1, 0.15) is 16.5 Å². The number of nitrogens with one attached hydrogen (secondary N) is 1. The van der Waals surface area contributed by atoms with Crippen LogP contribution in [0.1, 0.15) is 19.3 Å². The van der Waals surface area contributed by atoms with E-state index in [0.29, 0.717) is 13.1 Å². The highest BCUT2D eigenvalue weighted by Gasteiger charge is 2.26. The molecule has 0 bridgehead atoms. The van der Waals surface area contributed by atoms with Crippen LogP contribution in [0.5, 0.6) is 5.75 Å². The molecule has 0 spiro atoms. The van der Waals surface area contributed by atoms with E-state index in [2.05, 4.69) is 4.72 Å². The molecule has 1 saturated heterocycles. The number of ether oxygens (including phenoxy) is 1. The molecule has 1 aliphatic rings. The normalized spacial score (nSPS) is 15.9. The molecule has 1 aliphatic heterocycles. The minimum atomic E-state index is -4.12. The molecule has 1 fully saturated rings. The molecule has 10 heteroatoms. The van der Waals surface area contributed by atoms with E-state index in [4.69, 9.17) is 4.74 Å². The Morgan fingerprint density at radius 3 is 2.21 bits per heavy atom. The number of sulfonamides is 2. The number of methoxy groups -OCH3 is 1. The van der Waals surface area contributed by atoms with Crippen molar-refractivity contribution in [3.8, 4) is 5.75 Å². The van der Waals surface area contributed by atoms with Crippen LogP contribution in [0.15, 0.2) is 52.3 Å². The van der Waals surface area contributed by atoms with Crippen LogP contribution < -0.4 is 9.46 Å². The SMILES string of the molecule is COc1ccc(F)cc1S(=O)(=O)Nc1ccc(S(=O)(=O)N2CCCCC2)cc1. The second kappa shape index (κ2) is 8.06. The third kappa shape index (κ3) is 4.29. The van der Waals surface area contributed by atoms with Crippen molar-refractivity contribution in [2.45, 2.75) is 29.1 Å². The highest BCUT2D eigenvalue weighted by atomic mass is 32.2. The van der Waals surface area contributed by atoms with Gasteiger partial charge < -0.3 is 4.74 Å². The van der Waals surface area contributed by atoms with E-state index in [1.807, 2.05) is 0 Å². The lowest BCUT2D eigenvalue weighted by atomic mass is 10.2. The number of piperidine rings is 1. The molecule has 0 radical (unpaired) electrons. The van der Waals surface area contributed by atoms with Crippen molar-refractivity contribution in [1.29, 1.82) is 0 Å². The zero-order chi connectivity index (χ0) is 20.4. The third-order valence-corrected chi connectivity index (χ3v) is 7.79. The molecule has 0 amide bonds. The molecule has 152 valence electrons. The van der Waals surface area contributed by atoms with Gasteiger partial charge >= 0.3 is 0 Å². The first-order chi connectivity index (χ1) is 13.2. The Bertz CT molecular complexity index is 1050. The quantitative estimate of drug-likeness (QED) is 0.764. The van der Waals surface area contributed by atoms with E-state index < -0.39 is 25.9 Å². The van der Waals surface area contributed by atoms with Crippen molar-refractivity contribution in [3.63, 3.8) is 0 Å². The lowest BCUT2D eigenvalue weighted by molar-refractivity contribution is 0.346. The van der Waals surface area contributed by atoms with E-state index in [1.165, 1.54) is 41.7 Å². The van der Waals surface area contributed by atoms with Gasteiger partial charge in [-0.1, -0.05) is 6.42 Å². The molecule has 2 aromatic carbocycles. The number of hydrogen-bond acceptors (Lipinski definition) is 5. The standard InChI is InChI=1S/C18H21FN2O5S2/c1-26-17-10-5-14(19)13-18(17)27(22,23)20-15-6-8-16(9-7-15)28(24,25)21-11-3-2-4-12-21/h5-10,13,20H,2-4,11-12H2,1H3. The maximum atomic E-state index is 13.5. The number of rotatable bonds is 6. The summed E-state index contributed by atoms with van der Waals surface area (Å²) in [5.74, 6) is -0.720. The molecular formula is C18H21FN2O5S2. The highest BCUT2D eigenvalue weighted by molar-refractivity contribution is 7.92. The van der Waals surface area contributed by atoms with Gasteiger partial charge in [0, 0.05) is 18.8 Å². The predicted octanol–water partition coefficient (Wildman–Crippen LogP) is 2.81. The van der Waals surface area contributed by atoms with Crippen molar-refractivity contribution in [1.82, 2.24) is 4.31 Å². The maximum absolute atomic E-state index is 13.5. The minimum Gasteiger partial charge on any atom is -0.495 e. The van der Waals surface area contributed by atoms with E-state index >= 15 is 0 Å². The Morgan fingerprint density at radius 1 is 0.964 bits per heavy atom. The Kier molecular flexibility index (Phi) is 5.92. The van der Waals surface area contributed by atoms with Crippen LogP contribution in [0, 0.1) is 5.82 Å². The summed E-state index contributed by atoms with van der Waals surface area (Å²) in [6.45, 7) is 0.964. The number of nitrogens with zero attached hydrogens (tertiary/aromatic N) is 1. The van der Waals surface area contributed by atoms with Gasteiger partial charge in [-0.25, -0.2) is 21.2 Å². The second-order valence-corrected chi connectivity index (χ2v) is 9.98. The lowest BCUT2D eigenvalue weighted by Crippen LogP contribution is -2.35. The van der Waals surface area contributed by atoms with Crippen molar-refractivity contribution >= 4 is 25.7 Å². The first-order valence-electron chi connectivity index (χ1n) is 8.70. The van der Waals surface area contributed by atoms with Gasteiger partial charge in [-0.05, 0) is 55.3 Å². The first kappa shape index (κ1) is 20.6. The van der Waals surface area contributed by atoms with Crippen molar-refractivity contribution in [2.75, 3.05) is 24.9 Å².